The average Bonchev–Trinajstić information content (AvgIpc) is 3.39. The minimum atomic E-state index is -0.738. The lowest BCUT2D eigenvalue weighted by Gasteiger charge is -2.09. The Morgan fingerprint density at radius 2 is 1.59 bits per heavy atom. The van der Waals surface area contributed by atoms with Gasteiger partial charge in [0.25, 0.3) is 11.4 Å². The molecule has 0 aliphatic carbocycles. The van der Waals surface area contributed by atoms with E-state index in [4.69, 9.17) is 12.2 Å². The van der Waals surface area contributed by atoms with Crippen molar-refractivity contribution < 1.29 is 14.8 Å². The molecule has 4 rings (SSSR count). The maximum absolute atomic E-state index is 11.6. The van der Waals surface area contributed by atoms with Crippen molar-refractivity contribution in [2.75, 3.05) is 0 Å². The van der Waals surface area contributed by atoms with E-state index in [1.54, 1.807) is 0 Å². The topological polar surface area (TPSA) is 183 Å². The van der Waals surface area contributed by atoms with Crippen LogP contribution in [0.3, 0.4) is 0 Å². The number of aromatic nitrogens is 2. The van der Waals surface area contributed by atoms with Crippen LogP contribution in [-0.2, 0) is 0 Å². The highest BCUT2D eigenvalue weighted by Crippen LogP contribution is 2.33. The van der Waals surface area contributed by atoms with Gasteiger partial charge in [0.05, 0.1) is 26.5 Å². The lowest BCUT2D eigenvalue weighted by atomic mass is 10.1. The van der Waals surface area contributed by atoms with Crippen molar-refractivity contribution >= 4 is 34.4 Å². The third kappa shape index (κ3) is 3.80. The van der Waals surface area contributed by atoms with Gasteiger partial charge < -0.3 is 5.32 Å². The van der Waals surface area contributed by atoms with Gasteiger partial charge in [0.15, 0.2) is 5.11 Å². The van der Waals surface area contributed by atoms with Crippen LogP contribution in [0.15, 0.2) is 48.7 Å². The summed E-state index contributed by atoms with van der Waals surface area (Å²) in [7, 11) is 0. The number of nitro benzene ring substituents is 3. The number of nitrogens with one attached hydrogen (secondary N) is 3. The molecule has 32 heavy (non-hydrogen) atoms. The Balaban J connectivity index is 1.86. The molecule has 0 bridgehead atoms. The maximum atomic E-state index is 11.6. The second-order valence-corrected chi connectivity index (χ2v) is 6.95. The summed E-state index contributed by atoms with van der Waals surface area (Å²) in [6, 6.07) is 8.84. The predicted octanol–water partition coefficient (Wildman–Crippen LogP) is 2.24. The van der Waals surface area contributed by atoms with Gasteiger partial charge >= 0.3 is 5.69 Å². The Hall–Kier alpha value is -4.50. The van der Waals surface area contributed by atoms with Crippen LogP contribution in [0.1, 0.15) is 11.7 Å². The molecule has 162 valence electrons. The molecule has 14 nitrogen and oxygen atoms in total. The van der Waals surface area contributed by atoms with E-state index in [1.165, 1.54) is 41.2 Å². The molecule has 1 aromatic heterocycles. The molecule has 0 amide bonds. The second kappa shape index (κ2) is 7.97. The Bertz CT molecular complexity index is 1270. The molecule has 2 aromatic carbocycles. The van der Waals surface area contributed by atoms with Gasteiger partial charge in [-0.1, -0.05) is 0 Å². The predicted molar refractivity (Wildman–Crippen MR) is 114 cm³/mol. The van der Waals surface area contributed by atoms with Gasteiger partial charge in [-0.3, -0.25) is 35.8 Å². The fourth-order valence-corrected chi connectivity index (χ4v) is 3.33. The average molecular weight is 456 g/mol. The van der Waals surface area contributed by atoms with Gasteiger partial charge in [-0.25, -0.2) is 10.1 Å². The third-order valence-corrected chi connectivity index (χ3v) is 4.84. The third-order valence-electron chi connectivity index (χ3n) is 4.62. The highest BCUT2D eigenvalue weighted by atomic mass is 32.1. The van der Waals surface area contributed by atoms with E-state index >= 15 is 0 Å². The van der Waals surface area contributed by atoms with Crippen molar-refractivity contribution in [2.24, 2.45) is 0 Å². The summed E-state index contributed by atoms with van der Waals surface area (Å²) in [5.41, 5.74) is 5.98. The van der Waals surface area contributed by atoms with Crippen molar-refractivity contribution in [3.05, 3.63) is 84.6 Å². The summed E-state index contributed by atoms with van der Waals surface area (Å²) in [6.45, 7) is 0. The molecular formula is C17H12N8O6S. The summed E-state index contributed by atoms with van der Waals surface area (Å²) in [5.74, 6) is 0. The van der Waals surface area contributed by atoms with Crippen LogP contribution in [0, 0.1) is 30.3 Å². The van der Waals surface area contributed by atoms with E-state index in [0.717, 1.165) is 12.1 Å². The molecule has 0 saturated carbocycles. The Morgan fingerprint density at radius 1 is 0.938 bits per heavy atom. The SMILES string of the molecule is O=[N+]([O-])c1ccc(-c2nn(-c3ccc([N+](=O)[O-])cc3[N+](=O)[O-])cc2C2NNC(=S)N2)cc1. The number of nitro groups is 3. The molecule has 0 spiro atoms. The molecule has 15 heteroatoms. The number of benzene rings is 2. The number of nitrogens with zero attached hydrogens (tertiary/aromatic N) is 5. The van der Waals surface area contributed by atoms with Gasteiger partial charge in [0, 0.05) is 35.5 Å². The van der Waals surface area contributed by atoms with E-state index in [0.29, 0.717) is 21.9 Å². The van der Waals surface area contributed by atoms with E-state index in [9.17, 15) is 30.3 Å². The zero-order chi connectivity index (χ0) is 23.0. The molecule has 1 saturated heterocycles. The smallest absolute Gasteiger partial charge is 0.301 e. The lowest BCUT2D eigenvalue weighted by Crippen LogP contribution is -2.26. The van der Waals surface area contributed by atoms with Crippen LogP contribution in [0.4, 0.5) is 17.1 Å². The normalized spacial score (nSPS) is 15.1. The minimum absolute atomic E-state index is 0.00328. The Kier molecular flexibility index (Phi) is 5.17. The number of thiocarbonyl (C=S) groups is 1. The van der Waals surface area contributed by atoms with E-state index in [-0.39, 0.29) is 11.4 Å². The lowest BCUT2D eigenvalue weighted by molar-refractivity contribution is -0.394. The van der Waals surface area contributed by atoms with Crippen molar-refractivity contribution in [1.82, 2.24) is 25.9 Å². The number of hydrogen-bond acceptors (Lipinski definition) is 9. The zero-order valence-corrected chi connectivity index (χ0v) is 16.6. The Morgan fingerprint density at radius 3 is 2.16 bits per heavy atom. The maximum Gasteiger partial charge on any atom is 0.301 e. The summed E-state index contributed by atoms with van der Waals surface area (Å²) in [6.07, 6.45) is 0.948. The fourth-order valence-electron chi connectivity index (χ4n) is 3.15. The van der Waals surface area contributed by atoms with Gasteiger partial charge in [-0.2, -0.15) is 5.10 Å². The van der Waals surface area contributed by atoms with Crippen LogP contribution in [0.25, 0.3) is 16.9 Å². The first-order valence-corrected chi connectivity index (χ1v) is 9.25. The number of hydrazine groups is 1. The second-order valence-electron chi connectivity index (χ2n) is 6.54. The molecule has 1 atom stereocenters. The van der Waals surface area contributed by atoms with Crippen LogP contribution in [0.5, 0.6) is 0 Å². The standard InChI is InChI=1S/C17H12N8O6S/c26-23(27)10-3-1-9(2-4-10)15-12(16-18-17(32)20-19-16)8-22(21-15)13-6-5-11(24(28)29)7-14(13)25(30)31/h1-8,16,19H,(H2,18,20,32). The molecule has 2 heterocycles. The zero-order valence-electron chi connectivity index (χ0n) is 15.8. The summed E-state index contributed by atoms with van der Waals surface area (Å²) in [4.78, 5) is 31.5. The molecule has 0 radical (unpaired) electrons. The highest BCUT2D eigenvalue weighted by Gasteiger charge is 2.28. The first kappa shape index (κ1) is 20.8. The van der Waals surface area contributed by atoms with Gasteiger partial charge in [0.1, 0.15) is 11.9 Å². The number of rotatable bonds is 6. The first-order valence-electron chi connectivity index (χ1n) is 8.84. The fraction of sp³-hybridized carbons (Fsp3) is 0.0588. The number of hydrogen-bond donors (Lipinski definition) is 3. The summed E-state index contributed by atoms with van der Waals surface area (Å²) >= 11 is 5.06. The van der Waals surface area contributed by atoms with Crippen molar-refractivity contribution in [3.63, 3.8) is 0 Å². The molecule has 1 fully saturated rings. The van der Waals surface area contributed by atoms with Gasteiger partial charge in [0.2, 0.25) is 0 Å². The monoisotopic (exact) mass is 456 g/mol. The minimum Gasteiger partial charge on any atom is -0.341 e. The van der Waals surface area contributed by atoms with Crippen LogP contribution in [0.2, 0.25) is 0 Å². The summed E-state index contributed by atoms with van der Waals surface area (Å²) < 4.78 is 1.22. The van der Waals surface area contributed by atoms with Crippen LogP contribution < -0.4 is 16.2 Å². The molecule has 1 unspecified atom stereocenters. The van der Waals surface area contributed by atoms with Crippen molar-refractivity contribution in [3.8, 4) is 16.9 Å². The quantitative estimate of drug-likeness (QED) is 0.281. The molecule has 1 aliphatic rings. The van der Waals surface area contributed by atoms with E-state index < -0.39 is 32.3 Å². The van der Waals surface area contributed by atoms with Crippen LogP contribution in [-0.4, -0.2) is 29.7 Å². The van der Waals surface area contributed by atoms with Crippen molar-refractivity contribution in [1.29, 1.82) is 0 Å². The van der Waals surface area contributed by atoms with E-state index in [1.807, 2.05) is 0 Å². The highest BCUT2D eigenvalue weighted by molar-refractivity contribution is 7.80. The molecular weight excluding hydrogens is 444 g/mol. The van der Waals surface area contributed by atoms with Gasteiger partial charge in [-0.15, -0.1) is 0 Å². The first-order chi connectivity index (χ1) is 15.2. The molecule has 1 aliphatic heterocycles. The molecule has 3 aromatic rings. The number of non-ortho nitro benzene ring substituents is 2. The van der Waals surface area contributed by atoms with Crippen LogP contribution >= 0.6 is 12.2 Å². The molecule has 3 N–H and O–H groups in total. The van der Waals surface area contributed by atoms with Crippen molar-refractivity contribution in [2.45, 2.75) is 6.17 Å². The Labute approximate surface area is 183 Å². The summed E-state index contributed by atoms with van der Waals surface area (Å²) in [5, 5.41) is 41.3. The van der Waals surface area contributed by atoms with Gasteiger partial charge in [-0.05, 0) is 30.4 Å². The van der Waals surface area contributed by atoms with E-state index in [2.05, 4.69) is 21.3 Å². The largest absolute Gasteiger partial charge is 0.341 e.